The molecule has 0 atom stereocenters. The van der Waals surface area contributed by atoms with Crippen molar-refractivity contribution < 1.29 is 4.79 Å². The standard InChI is InChI=1S/C17H18N4O/c1-17(7-8-17)21-15-6-2-5-13(16(18)22)14(15)11-20(21)12-4-3-9-19-10-12/h2-6,9-10H,7-8,11H2,1H3,(H2,18,22). The van der Waals surface area contributed by atoms with Gasteiger partial charge in [-0.1, -0.05) is 6.07 Å². The quantitative estimate of drug-likeness (QED) is 0.944. The van der Waals surface area contributed by atoms with Gasteiger partial charge in [0, 0.05) is 17.3 Å². The molecule has 0 radical (unpaired) electrons. The minimum Gasteiger partial charge on any atom is -0.366 e. The number of primary amides is 1. The highest BCUT2D eigenvalue weighted by Gasteiger charge is 2.49. The molecule has 0 unspecified atom stereocenters. The topological polar surface area (TPSA) is 62.5 Å². The number of carbonyl (C=O) groups is 1. The van der Waals surface area contributed by atoms with Crippen molar-refractivity contribution in [1.29, 1.82) is 0 Å². The normalized spacial score (nSPS) is 18.2. The smallest absolute Gasteiger partial charge is 0.249 e. The second-order valence-electron chi connectivity index (χ2n) is 6.25. The number of anilines is 2. The number of benzene rings is 1. The second-order valence-corrected chi connectivity index (χ2v) is 6.25. The first-order valence-electron chi connectivity index (χ1n) is 7.49. The first-order chi connectivity index (χ1) is 10.6. The molecule has 2 aliphatic rings. The average Bonchev–Trinajstić information content (AvgIpc) is 3.13. The number of rotatable bonds is 3. The number of carbonyl (C=O) groups excluding carboxylic acids is 1. The molecule has 112 valence electrons. The van der Waals surface area contributed by atoms with Crippen molar-refractivity contribution >= 4 is 17.3 Å². The van der Waals surface area contributed by atoms with Crippen LogP contribution < -0.4 is 15.8 Å². The van der Waals surface area contributed by atoms with E-state index in [9.17, 15) is 4.79 Å². The molecule has 1 aliphatic heterocycles. The summed E-state index contributed by atoms with van der Waals surface area (Å²) >= 11 is 0. The van der Waals surface area contributed by atoms with E-state index in [0.29, 0.717) is 12.1 Å². The van der Waals surface area contributed by atoms with E-state index in [0.717, 1.165) is 29.8 Å². The molecule has 5 heteroatoms. The van der Waals surface area contributed by atoms with Gasteiger partial charge in [0.15, 0.2) is 0 Å². The zero-order valence-electron chi connectivity index (χ0n) is 12.5. The molecule has 2 aromatic rings. The fourth-order valence-electron chi connectivity index (χ4n) is 3.21. The molecule has 2 heterocycles. The molecule has 0 saturated heterocycles. The number of hydrogen-bond donors (Lipinski definition) is 1. The Morgan fingerprint density at radius 3 is 2.73 bits per heavy atom. The van der Waals surface area contributed by atoms with Crippen LogP contribution in [0.15, 0.2) is 42.7 Å². The number of hydrogen-bond acceptors (Lipinski definition) is 4. The van der Waals surface area contributed by atoms with Crippen molar-refractivity contribution in [3.63, 3.8) is 0 Å². The number of hydrazine groups is 1. The lowest BCUT2D eigenvalue weighted by atomic mass is 10.1. The number of amides is 1. The van der Waals surface area contributed by atoms with E-state index < -0.39 is 0 Å². The number of nitrogens with two attached hydrogens (primary N) is 1. The summed E-state index contributed by atoms with van der Waals surface area (Å²) in [4.78, 5) is 16.0. The third-order valence-electron chi connectivity index (χ3n) is 4.62. The second kappa shape index (κ2) is 4.47. The van der Waals surface area contributed by atoms with Crippen LogP contribution in [0.25, 0.3) is 0 Å². The molecular weight excluding hydrogens is 276 g/mol. The van der Waals surface area contributed by atoms with Gasteiger partial charge in [0.05, 0.1) is 29.7 Å². The highest BCUT2D eigenvalue weighted by atomic mass is 16.1. The molecule has 1 saturated carbocycles. The number of aromatic nitrogens is 1. The van der Waals surface area contributed by atoms with Crippen molar-refractivity contribution in [3.8, 4) is 0 Å². The average molecular weight is 294 g/mol. The Hall–Kier alpha value is -2.56. The minimum atomic E-state index is -0.370. The maximum atomic E-state index is 11.7. The van der Waals surface area contributed by atoms with Crippen LogP contribution in [0.4, 0.5) is 11.4 Å². The number of fused-ring (bicyclic) bond motifs is 1. The first kappa shape index (κ1) is 13.1. The SMILES string of the molecule is CC1(N2c3cccc(C(N)=O)c3CN2c2cccnc2)CC1. The first-order valence-corrected chi connectivity index (χ1v) is 7.49. The molecule has 5 nitrogen and oxygen atoms in total. The van der Waals surface area contributed by atoms with Crippen molar-refractivity contribution in [1.82, 2.24) is 4.98 Å². The van der Waals surface area contributed by atoms with Crippen LogP contribution in [0, 0.1) is 0 Å². The van der Waals surface area contributed by atoms with E-state index in [1.807, 2.05) is 24.4 Å². The van der Waals surface area contributed by atoms with Gasteiger partial charge in [-0.15, -0.1) is 0 Å². The lowest BCUT2D eigenvalue weighted by Crippen LogP contribution is -2.45. The zero-order chi connectivity index (χ0) is 15.3. The van der Waals surface area contributed by atoms with Crippen molar-refractivity contribution in [2.75, 3.05) is 10.0 Å². The van der Waals surface area contributed by atoms with Crippen LogP contribution in [0.5, 0.6) is 0 Å². The summed E-state index contributed by atoms with van der Waals surface area (Å²) in [5.74, 6) is -0.370. The van der Waals surface area contributed by atoms with Gasteiger partial charge in [-0.05, 0) is 44.0 Å². The summed E-state index contributed by atoms with van der Waals surface area (Å²) in [6.45, 7) is 2.90. The summed E-state index contributed by atoms with van der Waals surface area (Å²) in [5.41, 5.74) is 9.39. The monoisotopic (exact) mass is 294 g/mol. The van der Waals surface area contributed by atoms with E-state index in [4.69, 9.17) is 5.73 Å². The number of nitrogens with zero attached hydrogens (tertiary/aromatic N) is 3. The summed E-state index contributed by atoms with van der Waals surface area (Å²) in [5, 5.41) is 4.52. The summed E-state index contributed by atoms with van der Waals surface area (Å²) < 4.78 is 0. The Bertz CT molecular complexity index is 740. The van der Waals surface area contributed by atoms with E-state index in [1.54, 1.807) is 12.3 Å². The van der Waals surface area contributed by atoms with Gasteiger partial charge in [0.2, 0.25) is 5.91 Å². The molecule has 22 heavy (non-hydrogen) atoms. The lowest BCUT2D eigenvalue weighted by molar-refractivity contribution is 0.0999. The fourth-order valence-corrected chi connectivity index (χ4v) is 3.21. The van der Waals surface area contributed by atoms with Crippen LogP contribution in [0.1, 0.15) is 35.7 Å². The fraction of sp³-hybridized carbons (Fsp3) is 0.294. The highest BCUT2D eigenvalue weighted by Crippen LogP contribution is 2.50. The Morgan fingerprint density at radius 2 is 2.09 bits per heavy atom. The largest absolute Gasteiger partial charge is 0.366 e. The molecule has 2 N–H and O–H groups in total. The van der Waals surface area contributed by atoms with E-state index in [1.165, 1.54) is 0 Å². The Balaban J connectivity index is 1.86. The lowest BCUT2D eigenvalue weighted by Gasteiger charge is -2.37. The third kappa shape index (κ3) is 1.85. The van der Waals surface area contributed by atoms with Crippen molar-refractivity contribution in [2.24, 2.45) is 5.73 Å². The maximum Gasteiger partial charge on any atom is 0.249 e. The van der Waals surface area contributed by atoms with Crippen molar-refractivity contribution in [2.45, 2.75) is 31.8 Å². The molecule has 1 amide bonds. The molecule has 1 aromatic carbocycles. The van der Waals surface area contributed by atoms with Crippen LogP contribution in [-0.2, 0) is 6.54 Å². The van der Waals surface area contributed by atoms with E-state index in [-0.39, 0.29) is 11.4 Å². The predicted octanol–water partition coefficient (Wildman–Crippen LogP) is 2.47. The minimum absolute atomic E-state index is 0.108. The van der Waals surface area contributed by atoms with Crippen LogP contribution in [0.3, 0.4) is 0 Å². The predicted molar refractivity (Wildman–Crippen MR) is 85.5 cm³/mol. The van der Waals surface area contributed by atoms with Gasteiger partial charge in [-0.25, -0.2) is 0 Å². The Labute approximate surface area is 129 Å². The summed E-state index contributed by atoms with van der Waals surface area (Å²) in [7, 11) is 0. The summed E-state index contributed by atoms with van der Waals surface area (Å²) in [6, 6.07) is 9.76. The van der Waals surface area contributed by atoms with Crippen LogP contribution >= 0.6 is 0 Å². The molecule has 1 fully saturated rings. The molecule has 0 spiro atoms. The van der Waals surface area contributed by atoms with E-state index >= 15 is 0 Å². The maximum absolute atomic E-state index is 11.7. The van der Waals surface area contributed by atoms with E-state index in [2.05, 4.69) is 28.0 Å². The van der Waals surface area contributed by atoms with Gasteiger partial charge < -0.3 is 5.73 Å². The zero-order valence-corrected chi connectivity index (χ0v) is 12.5. The highest BCUT2D eigenvalue weighted by molar-refractivity contribution is 5.97. The summed E-state index contributed by atoms with van der Waals surface area (Å²) in [6.07, 6.45) is 5.91. The van der Waals surface area contributed by atoms with Gasteiger partial charge in [0.1, 0.15) is 0 Å². The molecule has 0 bridgehead atoms. The van der Waals surface area contributed by atoms with Gasteiger partial charge in [-0.3, -0.25) is 19.8 Å². The van der Waals surface area contributed by atoms with Gasteiger partial charge in [0.25, 0.3) is 0 Å². The van der Waals surface area contributed by atoms with Gasteiger partial charge >= 0.3 is 0 Å². The van der Waals surface area contributed by atoms with Crippen LogP contribution in [-0.4, -0.2) is 16.4 Å². The Morgan fingerprint density at radius 1 is 1.27 bits per heavy atom. The molecule has 1 aliphatic carbocycles. The van der Waals surface area contributed by atoms with Gasteiger partial charge in [-0.2, -0.15) is 0 Å². The third-order valence-corrected chi connectivity index (χ3v) is 4.62. The molecular formula is C17H18N4O. The van der Waals surface area contributed by atoms with Crippen LogP contribution in [0.2, 0.25) is 0 Å². The molecule has 1 aromatic heterocycles. The van der Waals surface area contributed by atoms with Crippen molar-refractivity contribution in [3.05, 3.63) is 53.9 Å². The Kier molecular flexibility index (Phi) is 2.66. The molecule has 4 rings (SSSR count). The number of pyridine rings is 1.